The van der Waals surface area contributed by atoms with Gasteiger partial charge in [0.1, 0.15) is 18.1 Å². The number of aromatic carboxylic acids is 1. The number of ether oxygens (including phenoxy) is 1. The van der Waals surface area contributed by atoms with Crippen LogP contribution in [0.1, 0.15) is 36.4 Å². The van der Waals surface area contributed by atoms with Crippen LogP contribution < -0.4 is 0 Å². The van der Waals surface area contributed by atoms with Crippen LogP contribution in [0.5, 0.6) is 0 Å². The van der Waals surface area contributed by atoms with Gasteiger partial charge < -0.3 is 14.3 Å². The van der Waals surface area contributed by atoms with Crippen molar-refractivity contribution in [3.8, 4) is 11.3 Å². The summed E-state index contributed by atoms with van der Waals surface area (Å²) in [6.07, 6.45) is 1.74. The zero-order chi connectivity index (χ0) is 21.8. The number of carboxylic acid groups (broad SMARTS) is 1. The highest BCUT2D eigenvalue weighted by Crippen LogP contribution is 2.33. The molecule has 3 rings (SSSR count). The van der Waals surface area contributed by atoms with Crippen LogP contribution in [-0.4, -0.2) is 45.7 Å². The number of thioether (sulfide) groups is 1. The average molecular weight is 429 g/mol. The van der Waals surface area contributed by atoms with E-state index in [1.807, 2.05) is 6.92 Å². The average Bonchev–Trinajstić information content (AvgIpc) is 3.28. The van der Waals surface area contributed by atoms with Crippen molar-refractivity contribution < 1.29 is 33.4 Å². The smallest absolute Gasteiger partial charge is 0.335 e. The van der Waals surface area contributed by atoms with E-state index in [9.17, 15) is 19.2 Å². The predicted molar refractivity (Wildman–Crippen MR) is 110 cm³/mol. The van der Waals surface area contributed by atoms with E-state index in [2.05, 4.69) is 0 Å². The third-order valence-electron chi connectivity index (χ3n) is 4.36. The fourth-order valence-corrected chi connectivity index (χ4v) is 3.45. The monoisotopic (exact) mass is 429 g/mol. The van der Waals surface area contributed by atoms with Crippen molar-refractivity contribution in [3.05, 3.63) is 52.6 Å². The van der Waals surface area contributed by atoms with Crippen molar-refractivity contribution in [1.82, 2.24) is 4.90 Å². The minimum Gasteiger partial charge on any atom is -0.478 e. The van der Waals surface area contributed by atoms with Gasteiger partial charge in [-0.1, -0.05) is 19.1 Å². The molecule has 2 amide bonds. The highest BCUT2D eigenvalue weighted by Gasteiger charge is 2.37. The maximum atomic E-state index is 12.5. The molecule has 156 valence electrons. The lowest BCUT2D eigenvalue weighted by molar-refractivity contribution is -0.150. The van der Waals surface area contributed by atoms with Crippen molar-refractivity contribution in [2.75, 3.05) is 6.54 Å². The van der Waals surface area contributed by atoms with Crippen molar-refractivity contribution in [1.29, 1.82) is 0 Å². The summed E-state index contributed by atoms with van der Waals surface area (Å²) >= 11 is 0.708. The van der Waals surface area contributed by atoms with Gasteiger partial charge in [0.05, 0.1) is 16.6 Å². The molecule has 0 spiro atoms. The number of nitrogens with zero attached hydrogens (tertiary/aromatic N) is 1. The van der Waals surface area contributed by atoms with E-state index in [4.69, 9.17) is 14.3 Å². The lowest BCUT2D eigenvalue weighted by Gasteiger charge is -2.14. The molecule has 9 heteroatoms. The van der Waals surface area contributed by atoms with Crippen LogP contribution in [0.3, 0.4) is 0 Å². The normalized spacial score (nSPS) is 16.2. The Labute approximate surface area is 176 Å². The summed E-state index contributed by atoms with van der Waals surface area (Å²) < 4.78 is 10.8. The van der Waals surface area contributed by atoms with Crippen molar-refractivity contribution >= 4 is 40.9 Å². The fourth-order valence-electron chi connectivity index (χ4n) is 2.63. The molecule has 1 aliphatic rings. The Morgan fingerprint density at radius 3 is 2.73 bits per heavy atom. The van der Waals surface area contributed by atoms with Crippen molar-refractivity contribution in [3.63, 3.8) is 0 Å². The molecule has 2 aromatic rings. The van der Waals surface area contributed by atoms with Gasteiger partial charge in [-0.25, -0.2) is 4.79 Å². The van der Waals surface area contributed by atoms with Gasteiger partial charge in [0.25, 0.3) is 11.1 Å². The molecule has 8 nitrogen and oxygen atoms in total. The molecular weight excluding hydrogens is 410 g/mol. The Kier molecular flexibility index (Phi) is 6.41. The number of amides is 2. The minimum atomic E-state index is -1.05. The summed E-state index contributed by atoms with van der Waals surface area (Å²) in [6, 6.07) is 9.49. The van der Waals surface area contributed by atoms with Gasteiger partial charge in [-0.05, 0) is 49.4 Å². The number of benzene rings is 1. The molecule has 30 heavy (non-hydrogen) atoms. The molecule has 1 saturated heterocycles. The second-order valence-corrected chi connectivity index (χ2v) is 7.56. The topological polar surface area (TPSA) is 114 Å². The maximum absolute atomic E-state index is 12.5. The first-order chi connectivity index (χ1) is 14.3. The van der Waals surface area contributed by atoms with E-state index in [-0.39, 0.29) is 16.6 Å². The third kappa shape index (κ3) is 4.80. The highest BCUT2D eigenvalue weighted by molar-refractivity contribution is 8.18. The largest absolute Gasteiger partial charge is 0.478 e. The van der Waals surface area contributed by atoms with Crippen LogP contribution in [-0.2, 0) is 14.3 Å². The molecule has 1 atom stereocenters. The Morgan fingerprint density at radius 1 is 1.27 bits per heavy atom. The predicted octanol–water partition coefficient (Wildman–Crippen LogP) is 4.02. The van der Waals surface area contributed by atoms with Gasteiger partial charge in [-0.3, -0.25) is 19.3 Å². The zero-order valence-corrected chi connectivity index (χ0v) is 17.1. The molecule has 1 fully saturated rings. The summed E-state index contributed by atoms with van der Waals surface area (Å²) in [5.41, 5.74) is 0.686. The number of furan rings is 1. The minimum absolute atomic E-state index is 0.121. The third-order valence-corrected chi connectivity index (χ3v) is 5.27. The number of esters is 1. The summed E-state index contributed by atoms with van der Waals surface area (Å²) in [5, 5.41) is 8.54. The lowest BCUT2D eigenvalue weighted by Crippen LogP contribution is -2.35. The molecule has 0 unspecified atom stereocenters. The molecule has 1 aliphatic heterocycles. The van der Waals surface area contributed by atoms with E-state index in [1.165, 1.54) is 18.2 Å². The first-order valence-electron chi connectivity index (χ1n) is 9.17. The van der Waals surface area contributed by atoms with Crippen LogP contribution in [0.15, 0.2) is 45.7 Å². The Hall–Kier alpha value is -3.33. The quantitative estimate of drug-likeness (QED) is 0.518. The molecule has 2 heterocycles. The molecular formula is C21H19NO7S. The van der Waals surface area contributed by atoms with Gasteiger partial charge in [0.2, 0.25) is 0 Å². The SMILES string of the molecule is CC[C@H](C)OC(=O)CN1C(=O)S/C(=C/c2ccc(-c3cccc(C(=O)O)c3)o2)C1=O. The molecule has 1 aromatic carbocycles. The number of rotatable bonds is 7. The van der Waals surface area contributed by atoms with Gasteiger partial charge in [-0.2, -0.15) is 0 Å². The zero-order valence-electron chi connectivity index (χ0n) is 16.3. The van der Waals surface area contributed by atoms with E-state index in [0.29, 0.717) is 35.3 Å². The number of imide groups is 1. The van der Waals surface area contributed by atoms with E-state index >= 15 is 0 Å². The lowest BCUT2D eigenvalue weighted by atomic mass is 10.1. The molecule has 0 aliphatic carbocycles. The van der Waals surface area contributed by atoms with Crippen LogP contribution in [0.2, 0.25) is 0 Å². The molecule has 0 radical (unpaired) electrons. The molecule has 1 N–H and O–H groups in total. The maximum Gasteiger partial charge on any atom is 0.335 e. The van der Waals surface area contributed by atoms with E-state index in [0.717, 1.165) is 4.90 Å². The molecule has 0 saturated carbocycles. The van der Waals surface area contributed by atoms with Gasteiger partial charge in [0.15, 0.2) is 0 Å². The number of hydrogen-bond acceptors (Lipinski definition) is 7. The Morgan fingerprint density at radius 2 is 2.03 bits per heavy atom. The molecule has 0 bridgehead atoms. The standard InChI is InChI=1S/C21H19NO7S/c1-3-12(2)28-18(23)11-22-19(24)17(30-21(22)27)10-15-7-8-16(29-15)13-5-4-6-14(9-13)20(25)26/h4-10,12H,3,11H2,1-2H3,(H,25,26)/b17-10+/t12-/m0/s1. The van der Waals surface area contributed by atoms with Crippen molar-refractivity contribution in [2.45, 2.75) is 26.4 Å². The van der Waals surface area contributed by atoms with Crippen molar-refractivity contribution in [2.24, 2.45) is 0 Å². The second kappa shape index (κ2) is 9.00. The van der Waals surface area contributed by atoms with Crippen LogP contribution >= 0.6 is 11.8 Å². The summed E-state index contributed by atoms with van der Waals surface area (Å²) in [5.74, 6) is -1.56. The second-order valence-electron chi connectivity index (χ2n) is 6.56. The Bertz CT molecular complexity index is 1040. The van der Waals surface area contributed by atoms with E-state index < -0.39 is 29.6 Å². The van der Waals surface area contributed by atoms with Crippen LogP contribution in [0, 0.1) is 0 Å². The van der Waals surface area contributed by atoms with Crippen LogP contribution in [0.25, 0.3) is 17.4 Å². The van der Waals surface area contributed by atoms with Gasteiger partial charge >= 0.3 is 11.9 Å². The number of carbonyl (C=O) groups excluding carboxylic acids is 3. The van der Waals surface area contributed by atoms with Gasteiger partial charge in [-0.15, -0.1) is 0 Å². The Balaban J connectivity index is 1.74. The summed E-state index contributed by atoms with van der Waals surface area (Å²) in [6.45, 7) is 3.14. The van der Waals surface area contributed by atoms with Gasteiger partial charge in [0, 0.05) is 11.6 Å². The van der Waals surface area contributed by atoms with E-state index in [1.54, 1.807) is 31.2 Å². The number of carboxylic acids is 1. The fraction of sp³-hybridized carbons (Fsp3) is 0.238. The first kappa shape index (κ1) is 21.4. The molecule has 1 aromatic heterocycles. The summed E-state index contributed by atoms with van der Waals surface area (Å²) in [4.78, 5) is 48.6. The van der Waals surface area contributed by atoms with Crippen LogP contribution in [0.4, 0.5) is 4.79 Å². The number of hydrogen-bond donors (Lipinski definition) is 1. The number of carbonyl (C=O) groups is 4. The highest BCUT2D eigenvalue weighted by atomic mass is 32.2. The summed E-state index contributed by atoms with van der Waals surface area (Å²) in [7, 11) is 0. The first-order valence-corrected chi connectivity index (χ1v) is 9.98.